The summed E-state index contributed by atoms with van der Waals surface area (Å²) in [7, 11) is 0. The zero-order valence-electron chi connectivity index (χ0n) is 11.8. The van der Waals surface area contributed by atoms with E-state index in [9.17, 15) is 20.1 Å². The molecule has 20 heavy (non-hydrogen) atoms. The molecular weight excluding hydrogens is 272 g/mol. The number of rotatable bonds is 4. The number of aliphatic hydroxyl groups excluding tert-OH is 4. The van der Waals surface area contributed by atoms with Crippen LogP contribution in [0.1, 0.15) is 20.6 Å². The minimum Gasteiger partial charge on any atom is -0.462 e. The normalized spacial score (nSPS) is 46.0. The molecule has 2 fully saturated rings. The Morgan fingerprint density at radius 3 is 2.55 bits per heavy atom. The average molecular weight is 293 g/mol. The Morgan fingerprint density at radius 2 is 1.90 bits per heavy atom. The molecule has 0 aromatic heterocycles. The number of aliphatic hydroxyl groups is 4. The summed E-state index contributed by atoms with van der Waals surface area (Å²) in [5.74, 6) is 0. The van der Waals surface area contributed by atoms with Crippen molar-refractivity contribution in [3.8, 4) is 0 Å². The van der Waals surface area contributed by atoms with Gasteiger partial charge in [-0.2, -0.15) is 0 Å². The monoisotopic (exact) mass is 293 g/mol. The first-order valence-electron chi connectivity index (χ1n) is 7.07. The van der Waals surface area contributed by atoms with Crippen molar-refractivity contribution in [1.82, 2.24) is 0 Å². The standard InChI is InChI=1S/C12H20O8/c13-4-8-9(15)10(16)11(17)12(20-8)19-7-3-1-2-6(7)18-5-14/h5-13,15-17H,1-4H2/t6-,7?,8-,9-,10+,11+,12+/m1/s1/i5D. The molecule has 0 aromatic rings. The van der Waals surface area contributed by atoms with Crippen LogP contribution in [-0.4, -0.2) is 76.4 Å². The fourth-order valence-corrected chi connectivity index (χ4v) is 2.60. The van der Waals surface area contributed by atoms with E-state index in [1.807, 2.05) is 0 Å². The van der Waals surface area contributed by atoms with Gasteiger partial charge in [0, 0.05) is 0 Å². The molecule has 0 aromatic carbocycles. The van der Waals surface area contributed by atoms with Crippen molar-refractivity contribution in [3.63, 3.8) is 0 Å². The van der Waals surface area contributed by atoms with Crippen LogP contribution in [0.3, 0.4) is 0 Å². The van der Waals surface area contributed by atoms with Crippen LogP contribution in [0.2, 0.25) is 0 Å². The smallest absolute Gasteiger partial charge is 0.293 e. The Kier molecular flexibility index (Phi) is 4.81. The highest BCUT2D eigenvalue weighted by atomic mass is 16.7. The molecule has 1 saturated carbocycles. The summed E-state index contributed by atoms with van der Waals surface area (Å²) in [6.45, 7) is -0.541. The van der Waals surface area contributed by atoms with Crippen molar-refractivity contribution in [1.29, 1.82) is 0 Å². The van der Waals surface area contributed by atoms with Crippen molar-refractivity contribution in [2.24, 2.45) is 0 Å². The van der Waals surface area contributed by atoms with E-state index in [0.717, 1.165) is 6.42 Å². The maximum absolute atomic E-state index is 10.7. The largest absolute Gasteiger partial charge is 0.462 e. The van der Waals surface area contributed by atoms with Crippen LogP contribution in [0, 0.1) is 0 Å². The van der Waals surface area contributed by atoms with Crippen LogP contribution in [0.15, 0.2) is 0 Å². The Labute approximate surface area is 117 Å². The van der Waals surface area contributed by atoms with E-state index in [1.165, 1.54) is 0 Å². The molecule has 7 atom stereocenters. The Bertz CT molecular complexity index is 365. The lowest BCUT2D eigenvalue weighted by molar-refractivity contribution is -0.315. The lowest BCUT2D eigenvalue weighted by atomic mass is 9.99. The van der Waals surface area contributed by atoms with Gasteiger partial charge in [-0.25, -0.2) is 0 Å². The first-order valence-corrected chi connectivity index (χ1v) is 6.57. The molecule has 4 N–H and O–H groups in total. The quantitative estimate of drug-likeness (QED) is 0.434. The first kappa shape index (κ1) is 14.2. The summed E-state index contributed by atoms with van der Waals surface area (Å²) in [5, 5.41) is 38.3. The number of hydrogen-bond donors (Lipinski definition) is 4. The van der Waals surface area contributed by atoms with Gasteiger partial charge in [-0.15, -0.1) is 0 Å². The van der Waals surface area contributed by atoms with Crippen LogP contribution in [0.4, 0.5) is 0 Å². The van der Waals surface area contributed by atoms with Crippen LogP contribution < -0.4 is 0 Å². The number of hydrogen-bond acceptors (Lipinski definition) is 8. The number of ether oxygens (including phenoxy) is 3. The molecule has 8 nitrogen and oxygen atoms in total. The predicted molar refractivity (Wildman–Crippen MR) is 63.4 cm³/mol. The summed E-state index contributed by atoms with van der Waals surface area (Å²) >= 11 is 0. The van der Waals surface area contributed by atoms with Crippen molar-refractivity contribution in [3.05, 3.63) is 0 Å². The van der Waals surface area contributed by atoms with E-state index < -0.39 is 56.0 Å². The molecule has 0 amide bonds. The Balaban J connectivity index is 1.98. The molecule has 8 heteroatoms. The third-order valence-electron chi connectivity index (χ3n) is 3.75. The van der Waals surface area contributed by atoms with Gasteiger partial charge in [0.15, 0.2) is 7.66 Å². The molecule has 1 unspecified atom stereocenters. The van der Waals surface area contributed by atoms with Gasteiger partial charge >= 0.3 is 0 Å². The highest BCUT2D eigenvalue weighted by molar-refractivity contribution is 5.37. The molecule has 116 valence electrons. The van der Waals surface area contributed by atoms with Gasteiger partial charge in [0.25, 0.3) is 6.45 Å². The number of carbonyl (C=O) groups excluding carboxylic acids is 1. The molecule has 1 aliphatic carbocycles. The topological polar surface area (TPSA) is 126 Å². The van der Waals surface area contributed by atoms with Gasteiger partial charge in [-0.1, -0.05) is 0 Å². The lowest BCUT2D eigenvalue weighted by Crippen LogP contribution is -2.60. The van der Waals surface area contributed by atoms with E-state index in [0.29, 0.717) is 12.8 Å². The third kappa shape index (κ3) is 3.11. The van der Waals surface area contributed by atoms with Gasteiger partial charge in [-0.3, -0.25) is 4.79 Å². The highest BCUT2D eigenvalue weighted by Crippen LogP contribution is 2.29. The van der Waals surface area contributed by atoms with E-state index in [2.05, 4.69) is 0 Å². The minimum atomic E-state index is -1.51. The minimum absolute atomic E-state index is 0.534. The molecule has 1 aliphatic heterocycles. The molecule has 2 aliphatic rings. The fraction of sp³-hybridized carbons (Fsp3) is 0.917. The van der Waals surface area contributed by atoms with E-state index in [1.54, 1.807) is 0 Å². The molecule has 2 rings (SSSR count). The molecule has 0 spiro atoms. The van der Waals surface area contributed by atoms with Crippen LogP contribution in [0.25, 0.3) is 0 Å². The Morgan fingerprint density at radius 1 is 1.20 bits per heavy atom. The zero-order chi connectivity index (χ0) is 15.6. The summed E-state index contributed by atoms with van der Waals surface area (Å²) in [5.41, 5.74) is 0. The van der Waals surface area contributed by atoms with Crippen molar-refractivity contribution < 1.29 is 40.8 Å². The maximum Gasteiger partial charge on any atom is 0.293 e. The van der Waals surface area contributed by atoms with Gasteiger partial charge < -0.3 is 34.6 Å². The summed E-state index contributed by atoms with van der Waals surface area (Å²) in [4.78, 5) is 10.7. The van der Waals surface area contributed by atoms with E-state index in [-0.39, 0.29) is 0 Å². The van der Waals surface area contributed by atoms with Crippen molar-refractivity contribution >= 4 is 6.45 Å². The second-order valence-electron chi connectivity index (χ2n) is 5.04. The molecule has 0 radical (unpaired) electrons. The lowest BCUT2D eigenvalue weighted by Gasteiger charge is -2.40. The summed E-state index contributed by atoms with van der Waals surface area (Å²) in [6, 6.07) is 0. The summed E-state index contributed by atoms with van der Waals surface area (Å²) in [6.07, 6.45) is -7.29. The van der Waals surface area contributed by atoms with Crippen LogP contribution in [-0.2, 0) is 19.0 Å². The molecule has 1 saturated heterocycles. The van der Waals surface area contributed by atoms with Gasteiger partial charge in [0.2, 0.25) is 0 Å². The van der Waals surface area contributed by atoms with Gasteiger partial charge in [-0.05, 0) is 19.3 Å². The molecule has 1 heterocycles. The van der Waals surface area contributed by atoms with Gasteiger partial charge in [0.1, 0.15) is 30.5 Å². The maximum atomic E-state index is 10.7. The van der Waals surface area contributed by atoms with Crippen molar-refractivity contribution in [2.45, 2.75) is 62.2 Å². The molecule has 0 bridgehead atoms. The van der Waals surface area contributed by atoms with Crippen LogP contribution >= 0.6 is 0 Å². The van der Waals surface area contributed by atoms with Gasteiger partial charge in [0.05, 0.1) is 12.7 Å². The second kappa shape index (κ2) is 6.79. The van der Waals surface area contributed by atoms with Crippen LogP contribution in [0.5, 0.6) is 0 Å². The zero-order valence-corrected chi connectivity index (χ0v) is 10.8. The molecular formula is C12H20O8. The van der Waals surface area contributed by atoms with E-state index >= 15 is 0 Å². The summed E-state index contributed by atoms with van der Waals surface area (Å²) < 4.78 is 22.4. The second-order valence-corrected chi connectivity index (χ2v) is 5.04. The average Bonchev–Trinajstić information content (AvgIpc) is 2.86. The SMILES string of the molecule is [2H]C(=O)O[C@@H]1CCCC1O[C@H]1O[C@H](CO)[C@@H](O)[C@H](O)[C@@H]1O. The highest BCUT2D eigenvalue weighted by Gasteiger charge is 2.46. The fourth-order valence-electron chi connectivity index (χ4n) is 2.60. The third-order valence-corrected chi connectivity index (χ3v) is 3.75. The predicted octanol–water partition coefficient (Wildman–Crippen LogP) is -2.10. The van der Waals surface area contributed by atoms with Crippen molar-refractivity contribution in [2.75, 3.05) is 6.61 Å². The van der Waals surface area contributed by atoms with E-state index in [4.69, 9.17) is 20.7 Å². The number of carbonyl (C=O) groups is 1. The first-order chi connectivity index (χ1) is 9.93. The Hall–Kier alpha value is -0.770.